The highest BCUT2D eigenvalue weighted by atomic mass is 16.2. The highest BCUT2D eigenvalue weighted by molar-refractivity contribution is 5.99. The molecule has 5 rings (SSSR count). The first-order chi connectivity index (χ1) is 18.9. The average molecular weight is 525 g/mol. The minimum Gasteiger partial charge on any atom is -0.398 e. The van der Waals surface area contributed by atoms with E-state index in [1.807, 2.05) is 30.3 Å². The summed E-state index contributed by atoms with van der Waals surface area (Å²) < 4.78 is 0. The molecule has 0 bridgehead atoms. The van der Waals surface area contributed by atoms with Gasteiger partial charge in [0.1, 0.15) is 0 Å². The van der Waals surface area contributed by atoms with Crippen molar-refractivity contribution in [1.82, 2.24) is 15.1 Å². The first-order valence-electron chi connectivity index (χ1n) is 14.2. The molecule has 0 radical (unpaired) electrons. The number of nitrogens with two attached hydrogens (primary N) is 1. The van der Waals surface area contributed by atoms with E-state index in [0.29, 0.717) is 17.3 Å². The van der Waals surface area contributed by atoms with Crippen molar-refractivity contribution in [2.24, 2.45) is 0 Å². The van der Waals surface area contributed by atoms with Crippen LogP contribution in [-0.2, 0) is 6.42 Å². The lowest BCUT2D eigenvalue weighted by Crippen LogP contribution is -2.55. The Kier molecular flexibility index (Phi) is 8.32. The van der Waals surface area contributed by atoms with Gasteiger partial charge < -0.3 is 20.9 Å². The van der Waals surface area contributed by atoms with Crippen LogP contribution in [-0.4, -0.2) is 59.4 Å². The second kappa shape index (κ2) is 12.0. The molecule has 6 heteroatoms. The summed E-state index contributed by atoms with van der Waals surface area (Å²) in [5.41, 5.74) is 11.4. The number of likely N-dealkylation sites (tertiary alicyclic amines) is 2. The predicted molar refractivity (Wildman–Crippen MR) is 157 cm³/mol. The van der Waals surface area contributed by atoms with E-state index in [-0.39, 0.29) is 23.9 Å². The molecule has 3 N–H and O–H groups in total. The van der Waals surface area contributed by atoms with E-state index < -0.39 is 0 Å². The molecule has 0 aliphatic carbocycles. The van der Waals surface area contributed by atoms with Crippen LogP contribution in [0.4, 0.5) is 5.69 Å². The van der Waals surface area contributed by atoms with Crippen molar-refractivity contribution in [2.45, 2.75) is 64.1 Å². The van der Waals surface area contributed by atoms with Crippen LogP contribution in [0.25, 0.3) is 0 Å². The second-order valence-corrected chi connectivity index (χ2v) is 11.3. The molecule has 2 amide bonds. The predicted octanol–water partition coefficient (Wildman–Crippen LogP) is 5.00. The van der Waals surface area contributed by atoms with E-state index in [9.17, 15) is 9.59 Å². The maximum absolute atomic E-state index is 13.7. The normalized spacial score (nSPS) is 20.5. The maximum Gasteiger partial charge on any atom is 0.254 e. The van der Waals surface area contributed by atoms with Crippen molar-refractivity contribution >= 4 is 17.5 Å². The molecule has 0 aromatic heterocycles. The third-order valence-corrected chi connectivity index (χ3v) is 8.32. The molecule has 2 fully saturated rings. The van der Waals surface area contributed by atoms with Crippen molar-refractivity contribution in [3.05, 3.63) is 101 Å². The molecule has 2 atom stereocenters. The van der Waals surface area contributed by atoms with Crippen molar-refractivity contribution in [1.29, 1.82) is 0 Å². The molecule has 39 heavy (non-hydrogen) atoms. The molecule has 2 heterocycles. The average Bonchev–Trinajstić information content (AvgIpc) is 2.93. The summed E-state index contributed by atoms with van der Waals surface area (Å²) in [4.78, 5) is 31.2. The summed E-state index contributed by atoms with van der Waals surface area (Å²) in [6, 6.07) is 24.6. The Morgan fingerprint density at radius 3 is 2.23 bits per heavy atom. The van der Waals surface area contributed by atoms with E-state index in [1.165, 1.54) is 5.56 Å². The fraction of sp³-hybridized carbons (Fsp3) is 0.394. The zero-order valence-electron chi connectivity index (χ0n) is 23.1. The molecular weight excluding hydrogens is 484 g/mol. The number of nitrogens with one attached hydrogen (secondary N) is 1. The first-order valence-corrected chi connectivity index (χ1v) is 14.2. The van der Waals surface area contributed by atoms with E-state index >= 15 is 0 Å². The molecule has 0 unspecified atom stereocenters. The maximum atomic E-state index is 13.7. The van der Waals surface area contributed by atoms with E-state index in [1.54, 1.807) is 12.1 Å². The Morgan fingerprint density at radius 1 is 0.872 bits per heavy atom. The van der Waals surface area contributed by atoms with Gasteiger partial charge in [0, 0.05) is 49.0 Å². The lowest BCUT2D eigenvalue weighted by Gasteiger charge is -2.45. The highest BCUT2D eigenvalue weighted by Crippen LogP contribution is 2.29. The van der Waals surface area contributed by atoms with Crippen LogP contribution in [0.1, 0.15) is 63.1 Å². The number of amides is 2. The number of piperidine rings is 2. The van der Waals surface area contributed by atoms with Gasteiger partial charge in [-0.2, -0.15) is 0 Å². The Hall–Kier alpha value is -3.64. The molecule has 2 aliphatic rings. The van der Waals surface area contributed by atoms with E-state index in [4.69, 9.17) is 5.73 Å². The summed E-state index contributed by atoms with van der Waals surface area (Å²) in [5, 5.41) is 3.19. The fourth-order valence-electron chi connectivity index (χ4n) is 6.35. The van der Waals surface area contributed by atoms with Crippen LogP contribution < -0.4 is 11.1 Å². The topological polar surface area (TPSA) is 78.7 Å². The number of aryl methyl sites for hydroxylation is 2. The lowest BCUT2D eigenvalue weighted by atomic mass is 9.89. The summed E-state index contributed by atoms with van der Waals surface area (Å²) in [6.45, 7) is 6.76. The van der Waals surface area contributed by atoms with Crippen molar-refractivity contribution in [3.63, 3.8) is 0 Å². The Morgan fingerprint density at radius 2 is 1.54 bits per heavy atom. The number of benzene rings is 3. The number of rotatable bonds is 6. The van der Waals surface area contributed by atoms with Crippen molar-refractivity contribution in [2.75, 3.05) is 25.4 Å². The number of hydrogen-bond donors (Lipinski definition) is 2. The Labute approximate surface area is 232 Å². The van der Waals surface area contributed by atoms with E-state index in [0.717, 1.165) is 68.4 Å². The van der Waals surface area contributed by atoms with Crippen molar-refractivity contribution < 1.29 is 9.59 Å². The molecule has 2 saturated heterocycles. The summed E-state index contributed by atoms with van der Waals surface area (Å²) in [5.74, 6) is 0.0514. The Balaban J connectivity index is 1.24. The standard InChI is InChI=1S/C33H40N4O2/c1-23-18-24(2)20-26(19-23)33(39)37-17-14-28(22-29(37)21-25-8-4-3-5-9-25)36-15-12-27(13-16-36)35-32(38)30-10-6-7-11-31(30)34/h3-11,18-20,27-29H,12-17,21-22,34H2,1-2H3,(H,35,38)/t28-,29-/m0/s1. The number of anilines is 1. The number of hydrogen-bond acceptors (Lipinski definition) is 4. The van der Waals surface area contributed by atoms with Crippen molar-refractivity contribution in [3.8, 4) is 0 Å². The number of para-hydroxylation sites is 1. The molecule has 2 aliphatic heterocycles. The molecular formula is C33H40N4O2. The van der Waals surface area contributed by atoms with Crippen LogP contribution in [0.15, 0.2) is 72.8 Å². The smallest absolute Gasteiger partial charge is 0.254 e. The van der Waals surface area contributed by atoms with Crippen LogP contribution in [0.5, 0.6) is 0 Å². The summed E-state index contributed by atoms with van der Waals surface area (Å²) in [6.07, 6.45) is 4.63. The quantitative estimate of drug-likeness (QED) is 0.445. The van der Waals surface area contributed by atoms with Crippen LogP contribution in [0.3, 0.4) is 0 Å². The number of carbonyl (C=O) groups excluding carboxylic acids is 2. The second-order valence-electron chi connectivity index (χ2n) is 11.3. The molecule has 0 saturated carbocycles. The molecule has 204 valence electrons. The van der Waals surface area contributed by atoms with Gasteiger partial charge in [-0.25, -0.2) is 0 Å². The van der Waals surface area contributed by atoms with Gasteiger partial charge in [0.15, 0.2) is 0 Å². The lowest BCUT2D eigenvalue weighted by molar-refractivity contribution is 0.0373. The van der Waals surface area contributed by atoms with Gasteiger partial charge in [0.05, 0.1) is 5.56 Å². The first kappa shape index (κ1) is 26.9. The van der Waals surface area contributed by atoms with Crippen LogP contribution >= 0.6 is 0 Å². The largest absolute Gasteiger partial charge is 0.398 e. The SMILES string of the molecule is Cc1cc(C)cc(C(=O)N2CC[C@H](N3CCC(NC(=O)c4ccccc4N)CC3)C[C@@H]2Cc2ccccc2)c1. The number of nitrogen functional groups attached to an aromatic ring is 1. The van der Waals surface area contributed by atoms with Gasteiger partial charge in [-0.15, -0.1) is 0 Å². The van der Waals surface area contributed by atoms with Gasteiger partial charge in [-0.05, 0) is 75.8 Å². The molecule has 3 aromatic carbocycles. The monoisotopic (exact) mass is 524 g/mol. The van der Waals surface area contributed by atoms with Crippen LogP contribution in [0.2, 0.25) is 0 Å². The highest BCUT2D eigenvalue weighted by Gasteiger charge is 2.36. The fourth-order valence-corrected chi connectivity index (χ4v) is 6.35. The van der Waals surface area contributed by atoms with Gasteiger partial charge in [-0.3, -0.25) is 9.59 Å². The minimum atomic E-state index is -0.0901. The van der Waals surface area contributed by atoms with Gasteiger partial charge in [-0.1, -0.05) is 59.7 Å². The molecule has 3 aromatic rings. The number of carbonyl (C=O) groups is 2. The van der Waals surface area contributed by atoms with Gasteiger partial charge in [0.2, 0.25) is 0 Å². The minimum absolute atomic E-state index is 0.0901. The zero-order chi connectivity index (χ0) is 27.4. The van der Waals surface area contributed by atoms with E-state index in [2.05, 4.69) is 59.3 Å². The Bertz CT molecular complexity index is 1280. The summed E-state index contributed by atoms with van der Waals surface area (Å²) >= 11 is 0. The third-order valence-electron chi connectivity index (χ3n) is 8.32. The number of nitrogens with zero attached hydrogens (tertiary/aromatic N) is 2. The molecule has 0 spiro atoms. The zero-order valence-corrected chi connectivity index (χ0v) is 23.1. The van der Waals surface area contributed by atoms with Crippen LogP contribution in [0, 0.1) is 13.8 Å². The molecule has 6 nitrogen and oxygen atoms in total. The third kappa shape index (κ3) is 6.51. The van der Waals surface area contributed by atoms with Gasteiger partial charge >= 0.3 is 0 Å². The van der Waals surface area contributed by atoms with Gasteiger partial charge in [0.25, 0.3) is 11.8 Å². The summed E-state index contributed by atoms with van der Waals surface area (Å²) in [7, 11) is 0.